The Labute approximate surface area is 147 Å². The van der Waals surface area contributed by atoms with Crippen LogP contribution in [0.15, 0.2) is 24.3 Å². The van der Waals surface area contributed by atoms with Gasteiger partial charge in [0.05, 0.1) is 0 Å². The van der Waals surface area contributed by atoms with Crippen LogP contribution in [0, 0.1) is 11.8 Å². The van der Waals surface area contributed by atoms with E-state index < -0.39 is 7.12 Å². The highest BCUT2D eigenvalue weighted by Crippen LogP contribution is 2.24. The zero-order valence-corrected chi connectivity index (χ0v) is 15.0. The van der Waals surface area contributed by atoms with Crippen LogP contribution in [0.1, 0.15) is 51.4 Å². The first kappa shape index (κ1) is 19.7. The van der Waals surface area contributed by atoms with E-state index in [1.807, 2.05) is 0 Å². The van der Waals surface area contributed by atoms with Gasteiger partial charge >= 0.3 is 7.12 Å². The molecule has 1 saturated heterocycles. The Kier molecular flexibility index (Phi) is 9.10. The molecule has 2 unspecified atom stereocenters. The summed E-state index contributed by atoms with van der Waals surface area (Å²) in [6.07, 6.45) is 18.5. The van der Waals surface area contributed by atoms with E-state index in [0.717, 1.165) is 25.2 Å². The lowest BCUT2D eigenvalue weighted by molar-refractivity contribution is 0.162. The second-order valence-corrected chi connectivity index (χ2v) is 7.56. The molecule has 0 aromatic heterocycles. The molecule has 2 atom stereocenters. The fourth-order valence-electron chi connectivity index (χ4n) is 3.97. The summed E-state index contributed by atoms with van der Waals surface area (Å²) in [5, 5.41) is 17.7. The lowest BCUT2D eigenvalue weighted by Crippen LogP contribution is -2.41. The molecule has 0 aromatic carbocycles. The maximum atomic E-state index is 8.86. The third-order valence-corrected chi connectivity index (χ3v) is 5.61. The molecule has 1 aliphatic heterocycles. The predicted octanol–water partition coefficient (Wildman–Crippen LogP) is 2.58. The van der Waals surface area contributed by atoms with Crippen LogP contribution in [0.5, 0.6) is 0 Å². The lowest BCUT2D eigenvalue weighted by Gasteiger charge is -2.35. The molecule has 2 rings (SSSR count). The van der Waals surface area contributed by atoms with Crippen molar-refractivity contribution in [1.82, 2.24) is 4.90 Å². The zero-order chi connectivity index (χ0) is 17.2. The van der Waals surface area contributed by atoms with Gasteiger partial charge in [-0.15, -0.1) is 0 Å². The van der Waals surface area contributed by atoms with Crippen molar-refractivity contribution in [3.8, 4) is 0 Å². The summed E-state index contributed by atoms with van der Waals surface area (Å²) < 4.78 is 0. The average Bonchev–Trinajstić information content (AvgIpc) is 2.60. The number of nitrogens with zero attached hydrogens (tertiary/aromatic N) is 1. The number of hydrogen-bond acceptors (Lipinski definition) is 4. The van der Waals surface area contributed by atoms with Crippen molar-refractivity contribution in [3.05, 3.63) is 24.3 Å². The van der Waals surface area contributed by atoms with Crippen LogP contribution in [-0.4, -0.2) is 47.7 Å². The molecule has 136 valence electrons. The highest BCUT2D eigenvalue weighted by atomic mass is 16.4. The molecule has 4 N–H and O–H groups in total. The Hall–Kier alpha value is -0.615. The van der Waals surface area contributed by atoms with E-state index in [2.05, 4.69) is 29.2 Å². The quantitative estimate of drug-likeness (QED) is 0.424. The van der Waals surface area contributed by atoms with Crippen molar-refractivity contribution >= 4 is 7.12 Å². The minimum absolute atomic E-state index is 0.280. The van der Waals surface area contributed by atoms with Gasteiger partial charge in [0.25, 0.3) is 0 Å². The summed E-state index contributed by atoms with van der Waals surface area (Å²) in [5.74, 6) is 1.39. The molecule has 0 saturated carbocycles. The van der Waals surface area contributed by atoms with Crippen molar-refractivity contribution < 1.29 is 10.0 Å². The molecule has 0 spiro atoms. The summed E-state index contributed by atoms with van der Waals surface area (Å²) in [6, 6.07) is 0.280. The summed E-state index contributed by atoms with van der Waals surface area (Å²) in [6.45, 7) is 3.60. The second-order valence-electron chi connectivity index (χ2n) is 7.56. The Bertz CT molecular complexity index is 393. The summed E-state index contributed by atoms with van der Waals surface area (Å²) in [5.41, 5.74) is 6.35. The Balaban J connectivity index is 1.52. The number of hydrogen-bond donors (Lipinski definition) is 3. The molecule has 1 heterocycles. The molecule has 1 fully saturated rings. The van der Waals surface area contributed by atoms with Gasteiger partial charge in [-0.3, -0.25) is 0 Å². The van der Waals surface area contributed by atoms with Crippen LogP contribution in [0.3, 0.4) is 0 Å². The van der Waals surface area contributed by atoms with Crippen molar-refractivity contribution in [2.24, 2.45) is 17.6 Å². The van der Waals surface area contributed by atoms with E-state index in [1.54, 1.807) is 0 Å². The fourth-order valence-corrected chi connectivity index (χ4v) is 3.97. The SMILES string of the molecule is NC(CCCCB(O)O)C1CCN(CCCC2C=CC=CC2)CC1. The highest BCUT2D eigenvalue weighted by Gasteiger charge is 2.24. The standard InChI is InChI=1S/C19H35BN2O2/c21-19(10-4-5-13-20(23)24)18-11-15-22(16-12-18)14-6-9-17-7-2-1-3-8-17/h1-3,7,17-19,23-24H,4-6,8-16,21H2. The minimum Gasteiger partial charge on any atom is -0.427 e. The third-order valence-electron chi connectivity index (χ3n) is 5.61. The van der Waals surface area contributed by atoms with E-state index in [0.29, 0.717) is 12.2 Å². The Morgan fingerprint density at radius 2 is 1.92 bits per heavy atom. The number of allylic oxidation sites excluding steroid dienone is 4. The van der Waals surface area contributed by atoms with Crippen molar-refractivity contribution in [2.75, 3.05) is 19.6 Å². The van der Waals surface area contributed by atoms with Crippen molar-refractivity contribution in [1.29, 1.82) is 0 Å². The molecule has 24 heavy (non-hydrogen) atoms. The first-order chi connectivity index (χ1) is 11.6. The van der Waals surface area contributed by atoms with Gasteiger partial charge in [-0.1, -0.05) is 37.1 Å². The molecule has 1 aliphatic carbocycles. The fraction of sp³-hybridized carbons (Fsp3) is 0.789. The number of rotatable bonds is 10. The van der Waals surface area contributed by atoms with Gasteiger partial charge in [0.1, 0.15) is 0 Å². The average molecular weight is 334 g/mol. The number of piperidine rings is 1. The summed E-state index contributed by atoms with van der Waals surface area (Å²) >= 11 is 0. The third kappa shape index (κ3) is 7.52. The van der Waals surface area contributed by atoms with Gasteiger partial charge in [0.15, 0.2) is 0 Å². The van der Waals surface area contributed by atoms with Crippen LogP contribution >= 0.6 is 0 Å². The van der Waals surface area contributed by atoms with Crippen LogP contribution in [0.2, 0.25) is 6.32 Å². The van der Waals surface area contributed by atoms with Gasteiger partial charge in [-0.25, -0.2) is 0 Å². The van der Waals surface area contributed by atoms with Gasteiger partial charge in [-0.05, 0) is 76.3 Å². The van der Waals surface area contributed by atoms with E-state index >= 15 is 0 Å². The molecular formula is C19H35BN2O2. The molecule has 2 aliphatic rings. The van der Waals surface area contributed by atoms with Gasteiger partial charge in [-0.2, -0.15) is 0 Å². The Morgan fingerprint density at radius 1 is 1.12 bits per heavy atom. The van der Waals surface area contributed by atoms with Crippen LogP contribution in [0.4, 0.5) is 0 Å². The molecule has 0 radical (unpaired) electrons. The molecule has 0 amide bonds. The van der Waals surface area contributed by atoms with Crippen molar-refractivity contribution in [2.45, 2.75) is 63.7 Å². The Morgan fingerprint density at radius 3 is 2.58 bits per heavy atom. The zero-order valence-electron chi connectivity index (χ0n) is 15.0. The maximum absolute atomic E-state index is 8.86. The predicted molar refractivity (Wildman–Crippen MR) is 102 cm³/mol. The first-order valence-electron chi connectivity index (χ1n) is 9.82. The monoisotopic (exact) mass is 334 g/mol. The van der Waals surface area contributed by atoms with E-state index in [1.165, 1.54) is 51.7 Å². The number of likely N-dealkylation sites (tertiary alicyclic amines) is 1. The largest absolute Gasteiger partial charge is 0.451 e. The van der Waals surface area contributed by atoms with E-state index in [9.17, 15) is 0 Å². The van der Waals surface area contributed by atoms with Crippen LogP contribution in [-0.2, 0) is 0 Å². The molecule has 0 bridgehead atoms. The second kappa shape index (κ2) is 11.1. The van der Waals surface area contributed by atoms with Gasteiger partial charge < -0.3 is 20.7 Å². The summed E-state index contributed by atoms with van der Waals surface area (Å²) in [4.78, 5) is 2.60. The molecule has 5 heteroatoms. The van der Waals surface area contributed by atoms with Crippen LogP contribution in [0.25, 0.3) is 0 Å². The lowest BCUT2D eigenvalue weighted by atomic mass is 9.82. The van der Waals surface area contributed by atoms with E-state index in [4.69, 9.17) is 15.8 Å². The van der Waals surface area contributed by atoms with Gasteiger partial charge in [0.2, 0.25) is 0 Å². The minimum atomic E-state index is -1.16. The highest BCUT2D eigenvalue weighted by molar-refractivity contribution is 6.40. The summed E-state index contributed by atoms with van der Waals surface area (Å²) in [7, 11) is -1.16. The smallest absolute Gasteiger partial charge is 0.427 e. The van der Waals surface area contributed by atoms with Crippen LogP contribution < -0.4 is 5.73 Å². The number of unbranched alkanes of at least 4 members (excludes halogenated alkanes) is 1. The first-order valence-corrected chi connectivity index (χ1v) is 9.82. The number of nitrogens with two attached hydrogens (primary N) is 1. The molecular weight excluding hydrogens is 299 g/mol. The van der Waals surface area contributed by atoms with Crippen molar-refractivity contribution in [3.63, 3.8) is 0 Å². The van der Waals surface area contributed by atoms with E-state index in [-0.39, 0.29) is 6.04 Å². The van der Waals surface area contributed by atoms with Gasteiger partial charge in [0, 0.05) is 6.04 Å². The molecule has 4 nitrogen and oxygen atoms in total. The normalized spacial score (nSPS) is 23.5. The topological polar surface area (TPSA) is 69.7 Å². The molecule has 0 aromatic rings. The maximum Gasteiger partial charge on any atom is 0.451 e.